The Labute approximate surface area is 220 Å². The van der Waals surface area contributed by atoms with Crippen molar-refractivity contribution >= 4 is 5.91 Å². The molecule has 1 amide bonds. The molecule has 1 aliphatic rings. The molecule has 6 N–H and O–H groups in total. The summed E-state index contributed by atoms with van der Waals surface area (Å²) in [4.78, 5) is 17.6. The van der Waals surface area contributed by atoms with Gasteiger partial charge in [-0.15, -0.1) is 0 Å². The number of rotatable bonds is 11. The number of nitrogens with one attached hydrogen (secondary N) is 1. The van der Waals surface area contributed by atoms with Gasteiger partial charge in [0.05, 0.1) is 12.1 Å². The van der Waals surface area contributed by atoms with E-state index in [9.17, 15) is 9.90 Å². The Bertz CT molecular complexity index is 1090. The number of carbonyl (C=O) groups is 1. The van der Waals surface area contributed by atoms with E-state index in [0.29, 0.717) is 32.6 Å². The molecule has 1 saturated heterocycles. The van der Waals surface area contributed by atoms with Crippen molar-refractivity contribution in [2.45, 2.75) is 50.8 Å². The van der Waals surface area contributed by atoms with Gasteiger partial charge >= 0.3 is 0 Å². The highest BCUT2D eigenvalue weighted by Crippen LogP contribution is 2.18. The molecule has 1 aliphatic heterocycles. The molecule has 0 bridgehead atoms. The zero-order valence-electron chi connectivity index (χ0n) is 21.4. The zero-order chi connectivity index (χ0) is 26.0. The lowest BCUT2D eigenvalue weighted by Crippen LogP contribution is -2.64. The summed E-state index contributed by atoms with van der Waals surface area (Å²) in [6.45, 7) is 3.58. The third-order valence-electron chi connectivity index (χ3n) is 7.08. The molecule has 0 aliphatic carbocycles. The van der Waals surface area contributed by atoms with Crippen LogP contribution in [-0.2, 0) is 30.8 Å². The Morgan fingerprint density at radius 1 is 0.892 bits per heavy atom. The molecule has 3 aromatic rings. The van der Waals surface area contributed by atoms with Gasteiger partial charge in [0, 0.05) is 39.3 Å². The average molecular weight is 502 g/mol. The van der Waals surface area contributed by atoms with Crippen molar-refractivity contribution in [1.82, 2.24) is 15.1 Å². The largest absolute Gasteiger partial charge is 0.376 e. The molecule has 0 radical (unpaired) electrons. The molecule has 196 valence electrons. The number of nitrogens with two attached hydrogens (primary N) is 2. The predicted octanol–water partition coefficient (Wildman–Crippen LogP) is 2.23. The molecule has 7 nitrogen and oxygen atoms in total. The summed E-state index contributed by atoms with van der Waals surface area (Å²) < 4.78 is 0. The van der Waals surface area contributed by atoms with E-state index >= 15 is 0 Å². The monoisotopic (exact) mass is 501 g/mol. The van der Waals surface area contributed by atoms with Gasteiger partial charge in [0.15, 0.2) is 0 Å². The zero-order valence-corrected chi connectivity index (χ0v) is 21.4. The van der Waals surface area contributed by atoms with Gasteiger partial charge < -0.3 is 21.5 Å². The second-order valence-corrected chi connectivity index (χ2v) is 9.80. The summed E-state index contributed by atoms with van der Waals surface area (Å²) >= 11 is 0. The van der Waals surface area contributed by atoms with Crippen molar-refractivity contribution in [3.8, 4) is 0 Å². The standard InChI is InChI=1S/C30H39N5O2/c31-19-24-11-13-25(14-12-24)20-33-29(36)28-22-34(21-26-9-5-2-6-10-26)17-18-35(28)30(37)27(32)16-15-23-7-3-1-4-8-23/h1-14,27-29,33,36H,15-22,31-32H2. The Kier molecular flexibility index (Phi) is 9.82. The minimum atomic E-state index is -0.891. The van der Waals surface area contributed by atoms with Gasteiger partial charge in [-0.2, -0.15) is 0 Å². The number of hydrogen-bond donors (Lipinski definition) is 4. The average Bonchev–Trinajstić information content (AvgIpc) is 2.95. The van der Waals surface area contributed by atoms with E-state index in [1.807, 2.05) is 60.7 Å². The van der Waals surface area contributed by atoms with Crippen molar-refractivity contribution in [2.75, 3.05) is 19.6 Å². The predicted molar refractivity (Wildman–Crippen MR) is 147 cm³/mol. The smallest absolute Gasteiger partial charge is 0.239 e. The van der Waals surface area contributed by atoms with Gasteiger partial charge in [-0.1, -0.05) is 84.9 Å². The van der Waals surface area contributed by atoms with Gasteiger partial charge in [0.2, 0.25) is 5.91 Å². The second-order valence-electron chi connectivity index (χ2n) is 9.80. The molecule has 0 saturated carbocycles. The Morgan fingerprint density at radius 2 is 1.51 bits per heavy atom. The second kappa shape index (κ2) is 13.5. The molecular weight excluding hydrogens is 462 g/mol. The highest BCUT2D eigenvalue weighted by molar-refractivity contribution is 5.82. The van der Waals surface area contributed by atoms with Gasteiger partial charge in [-0.3, -0.25) is 15.0 Å². The minimum Gasteiger partial charge on any atom is -0.376 e. The Hall–Kier alpha value is -3.07. The number of aliphatic hydroxyl groups is 1. The van der Waals surface area contributed by atoms with Crippen LogP contribution in [0.1, 0.15) is 28.7 Å². The third kappa shape index (κ3) is 7.71. The van der Waals surface area contributed by atoms with E-state index in [1.54, 1.807) is 4.90 Å². The van der Waals surface area contributed by atoms with Gasteiger partial charge in [-0.05, 0) is 35.1 Å². The van der Waals surface area contributed by atoms with Crippen LogP contribution in [0, 0.1) is 0 Å². The van der Waals surface area contributed by atoms with Crippen LogP contribution in [0.2, 0.25) is 0 Å². The first kappa shape index (κ1) is 27.0. The highest BCUT2D eigenvalue weighted by atomic mass is 16.3. The molecule has 4 rings (SSSR count). The fourth-order valence-corrected chi connectivity index (χ4v) is 4.85. The molecule has 37 heavy (non-hydrogen) atoms. The van der Waals surface area contributed by atoms with Crippen molar-refractivity contribution in [1.29, 1.82) is 0 Å². The van der Waals surface area contributed by atoms with Crippen LogP contribution < -0.4 is 16.8 Å². The summed E-state index contributed by atoms with van der Waals surface area (Å²) in [5.74, 6) is -0.103. The Morgan fingerprint density at radius 3 is 2.16 bits per heavy atom. The quantitative estimate of drug-likeness (QED) is 0.300. The van der Waals surface area contributed by atoms with Gasteiger partial charge in [0.1, 0.15) is 6.23 Å². The first-order valence-electron chi connectivity index (χ1n) is 13.1. The molecule has 7 heteroatoms. The highest BCUT2D eigenvalue weighted by Gasteiger charge is 2.36. The minimum absolute atomic E-state index is 0.103. The van der Waals surface area contributed by atoms with Crippen LogP contribution in [0.3, 0.4) is 0 Å². The maximum atomic E-state index is 13.5. The fourth-order valence-electron chi connectivity index (χ4n) is 4.85. The van der Waals surface area contributed by atoms with E-state index < -0.39 is 18.3 Å². The first-order valence-corrected chi connectivity index (χ1v) is 13.1. The molecule has 3 aromatic carbocycles. The SMILES string of the molecule is NCc1ccc(CNC(O)C2CN(Cc3ccccc3)CCN2C(=O)C(N)CCc2ccccc2)cc1. The summed E-state index contributed by atoms with van der Waals surface area (Å²) in [7, 11) is 0. The molecule has 3 unspecified atom stereocenters. The van der Waals surface area contributed by atoms with Crippen LogP contribution in [0.25, 0.3) is 0 Å². The van der Waals surface area contributed by atoms with Crippen molar-refractivity contribution in [2.24, 2.45) is 11.5 Å². The number of carbonyl (C=O) groups excluding carboxylic acids is 1. The van der Waals surface area contributed by atoms with Crippen molar-refractivity contribution in [3.63, 3.8) is 0 Å². The number of hydrogen-bond acceptors (Lipinski definition) is 6. The van der Waals surface area contributed by atoms with Crippen LogP contribution in [0.15, 0.2) is 84.9 Å². The van der Waals surface area contributed by atoms with E-state index in [2.05, 4.69) is 34.5 Å². The van der Waals surface area contributed by atoms with Crippen LogP contribution in [-0.4, -0.2) is 58.8 Å². The normalized spacial score (nSPS) is 17.9. The molecule has 0 aromatic heterocycles. The van der Waals surface area contributed by atoms with E-state index in [4.69, 9.17) is 11.5 Å². The van der Waals surface area contributed by atoms with E-state index in [-0.39, 0.29) is 5.91 Å². The first-order chi connectivity index (χ1) is 18.0. The number of aliphatic hydroxyl groups excluding tert-OH is 1. The number of aryl methyl sites for hydroxylation is 1. The van der Waals surface area contributed by atoms with Crippen LogP contribution in [0.5, 0.6) is 0 Å². The lowest BCUT2D eigenvalue weighted by atomic mass is 10.0. The molecule has 0 spiro atoms. The number of amides is 1. The van der Waals surface area contributed by atoms with Gasteiger partial charge in [0.25, 0.3) is 0 Å². The third-order valence-corrected chi connectivity index (χ3v) is 7.08. The summed E-state index contributed by atoms with van der Waals surface area (Å²) in [5, 5.41) is 14.5. The van der Waals surface area contributed by atoms with Gasteiger partial charge in [-0.25, -0.2) is 0 Å². The summed E-state index contributed by atoms with van der Waals surface area (Å²) in [6.07, 6.45) is 0.418. The maximum Gasteiger partial charge on any atom is 0.239 e. The number of piperazine rings is 1. The topological polar surface area (TPSA) is 108 Å². The van der Waals surface area contributed by atoms with E-state index in [0.717, 1.165) is 36.2 Å². The number of benzene rings is 3. The van der Waals surface area contributed by atoms with Crippen molar-refractivity contribution in [3.05, 3.63) is 107 Å². The van der Waals surface area contributed by atoms with E-state index in [1.165, 1.54) is 5.56 Å². The number of nitrogens with zero attached hydrogens (tertiary/aromatic N) is 2. The van der Waals surface area contributed by atoms with Crippen molar-refractivity contribution < 1.29 is 9.90 Å². The Balaban J connectivity index is 1.42. The molecule has 1 heterocycles. The molecule has 3 atom stereocenters. The lowest BCUT2D eigenvalue weighted by Gasteiger charge is -2.44. The maximum absolute atomic E-state index is 13.5. The fraction of sp³-hybridized carbons (Fsp3) is 0.367. The molecular formula is C30H39N5O2. The van der Waals surface area contributed by atoms with Crippen LogP contribution in [0.4, 0.5) is 0 Å². The molecule has 1 fully saturated rings. The lowest BCUT2D eigenvalue weighted by molar-refractivity contribution is -0.142. The van der Waals surface area contributed by atoms with Crippen LogP contribution >= 0.6 is 0 Å². The summed E-state index contributed by atoms with van der Waals surface area (Å²) in [5.41, 5.74) is 16.6. The summed E-state index contributed by atoms with van der Waals surface area (Å²) in [6, 6.07) is 27.3.